The van der Waals surface area contributed by atoms with Crippen molar-refractivity contribution in [1.82, 2.24) is 0 Å². The van der Waals surface area contributed by atoms with Gasteiger partial charge in [0.05, 0.1) is 22.2 Å². The summed E-state index contributed by atoms with van der Waals surface area (Å²) in [5.74, 6) is -0.596. The molecule has 0 saturated heterocycles. The number of amides is 2. The number of carbonyl (C=O) groups is 2. The van der Waals surface area contributed by atoms with E-state index in [9.17, 15) is 9.59 Å². The second-order valence-electron chi connectivity index (χ2n) is 7.44. The lowest BCUT2D eigenvalue weighted by atomic mass is 9.98. The van der Waals surface area contributed by atoms with Gasteiger partial charge in [-0.3, -0.25) is 9.59 Å². The van der Waals surface area contributed by atoms with Gasteiger partial charge in [-0.2, -0.15) is 0 Å². The van der Waals surface area contributed by atoms with Crippen LogP contribution in [0.2, 0.25) is 5.02 Å². The number of thioether (sulfide) groups is 1. The van der Waals surface area contributed by atoms with Crippen molar-refractivity contribution >= 4 is 46.6 Å². The second-order valence-corrected chi connectivity index (χ2v) is 8.93. The Morgan fingerprint density at radius 2 is 1.74 bits per heavy atom. The average molecular weight is 447 g/mol. The summed E-state index contributed by atoms with van der Waals surface area (Å²) in [6.45, 7) is 2.07. The lowest BCUT2D eigenvalue weighted by Crippen LogP contribution is -2.33. The number of nitrogens with zero attached hydrogens (tertiary/aromatic N) is 1. The molecule has 0 spiro atoms. The summed E-state index contributed by atoms with van der Waals surface area (Å²) in [6.07, 6.45) is 0.893. The molecule has 0 aliphatic carbocycles. The normalized spacial score (nSPS) is 17.9. The molecule has 0 aromatic heterocycles. The summed E-state index contributed by atoms with van der Waals surface area (Å²) in [7, 11) is 0. The summed E-state index contributed by atoms with van der Waals surface area (Å²) in [6, 6.07) is 22.3. The Bertz CT molecular complexity index is 1240. The molecule has 2 amide bonds. The molecule has 0 unspecified atom stereocenters. The highest BCUT2D eigenvalue weighted by Gasteiger charge is 2.45. The third-order valence-corrected chi connectivity index (χ3v) is 6.96. The topological polar surface area (TPSA) is 49.4 Å². The summed E-state index contributed by atoms with van der Waals surface area (Å²) in [5.41, 5.74) is 3.90. The van der Waals surface area contributed by atoms with E-state index in [1.54, 1.807) is 6.07 Å². The van der Waals surface area contributed by atoms with Crippen LogP contribution in [0.15, 0.2) is 88.2 Å². The lowest BCUT2D eigenvalue weighted by molar-refractivity contribution is -0.120. The number of halogens is 1. The maximum absolute atomic E-state index is 13.6. The van der Waals surface area contributed by atoms with Crippen molar-refractivity contribution in [3.8, 4) is 0 Å². The van der Waals surface area contributed by atoms with Crippen molar-refractivity contribution < 1.29 is 9.59 Å². The molecule has 1 N–H and O–H groups in total. The van der Waals surface area contributed by atoms with Crippen LogP contribution in [0.3, 0.4) is 0 Å². The fraction of sp³-hybridized carbons (Fsp3) is 0.120. The van der Waals surface area contributed by atoms with E-state index in [1.807, 2.05) is 66.7 Å². The van der Waals surface area contributed by atoms with Gasteiger partial charge in [0.25, 0.3) is 11.8 Å². The van der Waals surface area contributed by atoms with Gasteiger partial charge in [-0.25, -0.2) is 4.90 Å². The summed E-state index contributed by atoms with van der Waals surface area (Å²) >= 11 is 7.60. The molecule has 2 heterocycles. The van der Waals surface area contributed by atoms with Crippen molar-refractivity contribution in [1.29, 1.82) is 0 Å². The Kier molecular flexibility index (Phi) is 5.08. The smallest absolute Gasteiger partial charge is 0.272 e. The van der Waals surface area contributed by atoms with Gasteiger partial charge < -0.3 is 5.32 Å². The number of imide groups is 1. The number of carbonyl (C=O) groups excluding carboxylic acids is 2. The Labute approximate surface area is 189 Å². The highest BCUT2D eigenvalue weighted by molar-refractivity contribution is 8.04. The number of aryl methyl sites for hydroxylation is 1. The molecule has 2 aliphatic heterocycles. The van der Waals surface area contributed by atoms with E-state index >= 15 is 0 Å². The Balaban J connectivity index is 1.64. The fourth-order valence-electron chi connectivity index (χ4n) is 3.94. The number of rotatable bonds is 3. The molecule has 3 aromatic carbocycles. The lowest BCUT2D eigenvalue weighted by Gasteiger charge is -2.23. The third kappa shape index (κ3) is 3.44. The van der Waals surface area contributed by atoms with E-state index in [2.05, 4.69) is 12.2 Å². The standard InChI is InChI=1S/C25H19ClN2O2S/c1-2-15-10-12-18(13-11-15)28-24(29)21-22(16-6-5-7-17(26)14-16)27-19-8-3-4-9-20(19)31-23(21)25(28)30/h3-14,22,27H,2H2,1H3/t22-/m0/s1. The third-order valence-electron chi connectivity index (χ3n) is 5.55. The Hall–Kier alpha value is -3.02. The van der Waals surface area contributed by atoms with Crippen LogP contribution in [0.25, 0.3) is 0 Å². The van der Waals surface area contributed by atoms with Gasteiger partial charge in [0.15, 0.2) is 0 Å². The largest absolute Gasteiger partial charge is 0.373 e. The first-order chi connectivity index (χ1) is 15.1. The molecule has 0 bridgehead atoms. The fourth-order valence-corrected chi connectivity index (χ4v) is 5.24. The molecule has 0 fully saturated rings. The predicted molar refractivity (Wildman–Crippen MR) is 125 cm³/mol. The van der Waals surface area contributed by atoms with Gasteiger partial charge in [-0.15, -0.1) is 0 Å². The van der Waals surface area contributed by atoms with Crippen LogP contribution in [0.4, 0.5) is 11.4 Å². The minimum Gasteiger partial charge on any atom is -0.373 e. The average Bonchev–Trinajstić information content (AvgIpc) is 2.93. The van der Waals surface area contributed by atoms with E-state index in [-0.39, 0.29) is 11.8 Å². The van der Waals surface area contributed by atoms with Crippen LogP contribution >= 0.6 is 23.4 Å². The molecule has 1 atom stereocenters. The second kappa shape index (κ2) is 7.91. The Morgan fingerprint density at radius 1 is 0.968 bits per heavy atom. The Morgan fingerprint density at radius 3 is 2.48 bits per heavy atom. The van der Waals surface area contributed by atoms with Crippen LogP contribution in [0, 0.1) is 0 Å². The van der Waals surface area contributed by atoms with E-state index in [4.69, 9.17) is 11.6 Å². The molecule has 6 heteroatoms. The molecule has 5 rings (SSSR count). The van der Waals surface area contributed by atoms with Crippen LogP contribution < -0.4 is 10.2 Å². The monoisotopic (exact) mass is 446 g/mol. The summed E-state index contributed by atoms with van der Waals surface area (Å²) in [4.78, 5) is 29.8. The first-order valence-corrected chi connectivity index (χ1v) is 11.3. The number of nitrogens with one attached hydrogen (secondary N) is 1. The van der Waals surface area contributed by atoms with Crippen molar-refractivity contribution in [2.45, 2.75) is 24.3 Å². The molecule has 2 aliphatic rings. The quantitative estimate of drug-likeness (QED) is 0.502. The van der Waals surface area contributed by atoms with Gasteiger partial charge in [0.1, 0.15) is 0 Å². The molecule has 0 radical (unpaired) electrons. The number of hydrogen-bond donors (Lipinski definition) is 1. The first-order valence-electron chi connectivity index (χ1n) is 10.1. The highest BCUT2D eigenvalue weighted by Crippen LogP contribution is 2.48. The minimum atomic E-state index is -0.485. The van der Waals surface area contributed by atoms with E-state index < -0.39 is 6.04 Å². The van der Waals surface area contributed by atoms with E-state index in [1.165, 1.54) is 16.7 Å². The maximum Gasteiger partial charge on any atom is 0.272 e. The number of anilines is 2. The number of hydrogen-bond acceptors (Lipinski definition) is 4. The number of fused-ring (bicyclic) bond motifs is 1. The molecule has 3 aromatic rings. The van der Waals surface area contributed by atoms with Crippen LogP contribution in [0.5, 0.6) is 0 Å². The molecule has 0 saturated carbocycles. The summed E-state index contributed by atoms with van der Waals surface area (Å²) in [5, 5.41) is 4.06. The van der Waals surface area contributed by atoms with Crippen LogP contribution in [0.1, 0.15) is 24.1 Å². The predicted octanol–water partition coefficient (Wildman–Crippen LogP) is 5.99. The summed E-state index contributed by atoms with van der Waals surface area (Å²) < 4.78 is 0. The SMILES string of the molecule is CCc1ccc(N2C(=O)C3=C(C2=O)[C@H](c2cccc(Cl)c2)Nc2ccccc2S3)cc1. The minimum absolute atomic E-state index is 0.292. The van der Waals surface area contributed by atoms with Crippen LogP contribution in [-0.4, -0.2) is 11.8 Å². The first kappa shape index (κ1) is 19.9. The highest BCUT2D eigenvalue weighted by atomic mass is 35.5. The number of benzene rings is 3. The molecule has 31 heavy (non-hydrogen) atoms. The maximum atomic E-state index is 13.6. The molecular formula is C25H19ClN2O2S. The molecule has 154 valence electrons. The van der Waals surface area contributed by atoms with Crippen molar-refractivity contribution in [3.63, 3.8) is 0 Å². The van der Waals surface area contributed by atoms with Gasteiger partial charge in [0, 0.05) is 15.6 Å². The van der Waals surface area contributed by atoms with Crippen molar-refractivity contribution in [2.75, 3.05) is 10.2 Å². The van der Waals surface area contributed by atoms with Crippen molar-refractivity contribution in [2.24, 2.45) is 0 Å². The van der Waals surface area contributed by atoms with Crippen LogP contribution in [-0.2, 0) is 16.0 Å². The van der Waals surface area contributed by atoms with Gasteiger partial charge in [-0.05, 0) is 53.9 Å². The molecule has 4 nitrogen and oxygen atoms in total. The van der Waals surface area contributed by atoms with E-state index in [0.717, 1.165) is 28.1 Å². The van der Waals surface area contributed by atoms with Gasteiger partial charge >= 0.3 is 0 Å². The zero-order valence-corrected chi connectivity index (χ0v) is 18.3. The van der Waals surface area contributed by atoms with Gasteiger partial charge in [0.2, 0.25) is 0 Å². The van der Waals surface area contributed by atoms with Gasteiger partial charge in [-0.1, -0.05) is 66.7 Å². The van der Waals surface area contributed by atoms with Crippen molar-refractivity contribution in [3.05, 3.63) is 99.4 Å². The van der Waals surface area contributed by atoms with E-state index in [0.29, 0.717) is 21.2 Å². The molecular weight excluding hydrogens is 428 g/mol. The number of para-hydroxylation sites is 1. The zero-order chi connectivity index (χ0) is 21.5. The zero-order valence-electron chi connectivity index (χ0n) is 16.8.